The van der Waals surface area contributed by atoms with Crippen molar-refractivity contribution < 1.29 is 9.18 Å². The molecule has 140 valence electrons. The molecular formula is C20H22FN5O. The van der Waals surface area contributed by atoms with Crippen molar-refractivity contribution in [3.63, 3.8) is 0 Å². The van der Waals surface area contributed by atoms with Crippen LogP contribution in [0.25, 0.3) is 5.69 Å². The van der Waals surface area contributed by atoms with Crippen LogP contribution in [-0.4, -0.2) is 25.9 Å². The fraction of sp³-hybridized carbons (Fsp3) is 0.350. The Morgan fingerprint density at radius 3 is 2.70 bits per heavy atom. The Bertz CT molecular complexity index is 986. The number of amides is 1. The van der Waals surface area contributed by atoms with Crippen LogP contribution < -0.4 is 5.32 Å². The fourth-order valence-electron chi connectivity index (χ4n) is 3.79. The Morgan fingerprint density at radius 2 is 2.04 bits per heavy atom. The molecule has 0 saturated carbocycles. The Labute approximate surface area is 156 Å². The zero-order chi connectivity index (χ0) is 19.2. The zero-order valence-electron chi connectivity index (χ0n) is 15.6. The lowest BCUT2D eigenvalue weighted by molar-refractivity contribution is 0.0918. The molecule has 2 heterocycles. The number of hydrogen-bond donors (Lipinski definition) is 2. The van der Waals surface area contributed by atoms with Gasteiger partial charge in [0.15, 0.2) is 0 Å². The summed E-state index contributed by atoms with van der Waals surface area (Å²) in [7, 11) is 0. The number of H-pyrrole nitrogens is 1. The van der Waals surface area contributed by atoms with E-state index in [1.807, 2.05) is 11.6 Å². The molecule has 4 rings (SSSR count). The monoisotopic (exact) mass is 367 g/mol. The number of nitrogens with zero attached hydrogens (tertiary/aromatic N) is 3. The van der Waals surface area contributed by atoms with E-state index in [-0.39, 0.29) is 23.2 Å². The molecule has 2 N–H and O–H groups in total. The smallest absolute Gasteiger partial charge is 0.255 e. The Balaban J connectivity index is 1.69. The van der Waals surface area contributed by atoms with Crippen molar-refractivity contribution in [3.05, 3.63) is 65.0 Å². The predicted molar refractivity (Wildman–Crippen MR) is 99.2 cm³/mol. The van der Waals surface area contributed by atoms with Crippen LogP contribution in [0.1, 0.15) is 53.6 Å². The van der Waals surface area contributed by atoms with Crippen LogP contribution in [-0.2, 0) is 6.42 Å². The molecule has 1 aromatic carbocycles. The van der Waals surface area contributed by atoms with Crippen LogP contribution in [0.2, 0.25) is 0 Å². The van der Waals surface area contributed by atoms with Crippen molar-refractivity contribution in [1.29, 1.82) is 0 Å². The van der Waals surface area contributed by atoms with Gasteiger partial charge in [-0.3, -0.25) is 9.89 Å². The van der Waals surface area contributed by atoms with Gasteiger partial charge in [-0.25, -0.2) is 9.07 Å². The average molecular weight is 367 g/mol. The summed E-state index contributed by atoms with van der Waals surface area (Å²) in [6.07, 6.45) is 5.00. The van der Waals surface area contributed by atoms with Crippen molar-refractivity contribution in [2.45, 2.75) is 39.7 Å². The lowest BCUT2D eigenvalue weighted by atomic mass is 9.74. The maximum absolute atomic E-state index is 13.3. The number of carbonyl (C=O) groups is 1. The third kappa shape index (κ3) is 3.25. The standard InChI is InChI=1S/C20H22FN5O/c1-12-15(10-22-25-12)19(27)24-17-8-20(2,3)9-18-16(17)11-23-26(18)14-6-4-13(21)5-7-14/h4-7,10-11,17H,8-9H2,1-3H3,(H,22,25)(H,24,27)/t17-/m1/s1. The van der Waals surface area contributed by atoms with Gasteiger partial charge >= 0.3 is 0 Å². The van der Waals surface area contributed by atoms with Gasteiger partial charge in [-0.15, -0.1) is 0 Å². The molecule has 1 amide bonds. The summed E-state index contributed by atoms with van der Waals surface area (Å²) >= 11 is 0. The molecule has 2 aromatic heterocycles. The normalized spacial score (nSPS) is 18.1. The molecule has 0 saturated heterocycles. The highest BCUT2D eigenvalue weighted by Gasteiger charge is 2.36. The molecule has 1 atom stereocenters. The van der Waals surface area contributed by atoms with Crippen molar-refractivity contribution in [2.75, 3.05) is 0 Å². The van der Waals surface area contributed by atoms with Crippen molar-refractivity contribution in [2.24, 2.45) is 5.41 Å². The van der Waals surface area contributed by atoms with Gasteiger partial charge in [-0.1, -0.05) is 13.8 Å². The van der Waals surface area contributed by atoms with Crippen LogP contribution >= 0.6 is 0 Å². The molecule has 3 aromatic rings. The van der Waals surface area contributed by atoms with Gasteiger partial charge in [0.2, 0.25) is 0 Å². The molecular weight excluding hydrogens is 345 g/mol. The quantitative estimate of drug-likeness (QED) is 0.744. The first kappa shape index (κ1) is 17.5. The number of rotatable bonds is 3. The first-order valence-corrected chi connectivity index (χ1v) is 8.98. The number of nitrogens with one attached hydrogen (secondary N) is 2. The summed E-state index contributed by atoms with van der Waals surface area (Å²) in [6, 6.07) is 6.15. The first-order valence-electron chi connectivity index (χ1n) is 8.98. The summed E-state index contributed by atoms with van der Waals surface area (Å²) in [5.74, 6) is -0.426. The van der Waals surface area contributed by atoms with Crippen molar-refractivity contribution in [1.82, 2.24) is 25.3 Å². The zero-order valence-corrected chi connectivity index (χ0v) is 15.6. The van der Waals surface area contributed by atoms with E-state index in [2.05, 4.69) is 34.5 Å². The van der Waals surface area contributed by atoms with Crippen LogP contribution in [0.5, 0.6) is 0 Å². The van der Waals surface area contributed by atoms with Crippen LogP contribution in [0.4, 0.5) is 4.39 Å². The van der Waals surface area contributed by atoms with E-state index in [0.717, 1.165) is 35.5 Å². The van der Waals surface area contributed by atoms with E-state index >= 15 is 0 Å². The molecule has 6 nitrogen and oxygen atoms in total. The van der Waals surface area contributed by atoms with Gasteiger partial charge in [0.25, 0.3) is 5.91 Å². The fourth-order valence-corrected chi connectivity index (χ4v) is 3.79. The summed E-state index contributed by atoms with van der Waals surface area (Å²) in [4.78, 5) is 12.7. The second-order valence-corrected chi connectivity index (χ2v) is 7.91. The maximum Gasteiger partial charge on any atom is 0.255 e. The number of aromatic nitrogens is 4. The molecule has 0 unspecified atom stereocenters. The molecule has 0 spiro atoms. The van der Waals surface area contributed by atoms with Gasteiger partial charge in [-0.2, -0.15) is 10.2 Å². The molecule has 0 radical (unpaired) electrons. The molecule has 7 heteroatoms. The Kier molecular flexibility index (Phi) is 4.09. The third-order valence-electron chi connectivity index (χ3n) is 5.13. The summed E-state index contributed by atoms with van der Waals surface area (Å²) in [5, 5.41) is 14.4. The van der Waals surface area contributed by atoms with E-state index in [0.29, 0.717) is 5.56 Å². The highest BCUT2D eigenvalue weighted by atomic mass is 19.1. The average Bonchev–Trinajstić information content (AvgIpc) is 3.21. The van der Waals surface area contributed by atoms with Gasteiger partial charge in [0.1, 0.15) is 5.82 Å². The van der Waals surface area contributed by atoms with Crippen LogP contribution in [0.3, 0.4) is 0 Å². The van der Waals surface area contributed by atoms with Crippen molar-refractivity contribution in [3.8, 4) is 5.69 Å². The van der Waals surface area contributed by atoms with Gasteiger partial charge < -0.3 is 5.32 Å². The summed E-state index contributed by atoms with van der Waals surface area (Å²) < 4.78 is 15.1. The van der Waals surface area contributed by atoms with Crippen LogP contribution in [0, 0.1) is 18.2 Å². The largest absolute Gasteiger partial charge is 0.345 e. The highest BCUT2D eigenvalue weighted by molar-refractivity contribution is 5.95. The number of hydrogen-bond acceptors (Lipinski definition) is 3. The maximum atomic E-state index is 13.3. The van der Waals surface area contributed by atoms with E-state index in [4.69, 9.17) is 0 Å². The number of halogens is 1. The lowest BCUT2D eigenvalue weighted by Crippen LogP contribution is -2.36. The molecule has 1 aliphatic carbocycles. The molecule has 27 heavy (non-hydrogen) atoms. The number of fused-ring (bicyclic) bond motifs is 1. The predicted octanol–water partition coefficient (Wildman–Crippen LogP) is 3.49. The number of carbonyl (C=O) groups excluding carboxylic acids is 1. The minimum Gasteiger partial charge on any atom is -0.345 e. The molecule has 0 aliphatic heterocycles. The first-order chi connectivity index (χ1) is 12.8. The molecule has 0 bridgehead atoms. The number of aromatic amines is 1. The van der Waals surface area contributed by atoms with E-state index in [1.54, 1.807) is 24.5 Å². The Morgan fingerprint density at radius 1 is 1.30 bits per heavy atom. The summed E-state index contributed by atoms with van der Waals surface area (Å²) in [6.45, 7) is 6.19. The van der Waals surface area contributed by atoms with Gasteiger partial charge in [0.05, 0.1) is 35.4 Å². The van der Waals surface area contributed by atoms with E-state index < -0.39 is 0 Å². The highest BCUT2D eigenvalue weighted by Crippen LogP contribution is 2.41. The second-order valence-electron chi connectivity index (χ2n) is 7.91. The van der Waals surface area contributed by atoms with E-state index in [1.165, 1.54) is 12.1 Å². The Hall–Kier alpha value is -2.96. The SMILES string of the molecule is Cc1[nH]ncc1C(=O)N[C@@H]1CC(C)(C)Cc2c1cnn2-c1ccc(F)cc1. The van der Waals surface area contributed by atoms with Crippen LogP contribution in [0.15, 0.2) is 36.7 Å². The topological polar surface area (TPSA) is 75.6 Å². The number of aryl methyl sites for hydroxylation is 1. The summed E-state index contributed by atoms with van der Waals surface area (Å²) in [5.41, 5.74) is 4.15. The van der Waals surface area contributed by atoms with Gasteiger partial charge in [-0.05, 0) is 49.4 Å². The van der Waals surface area contributed by atoms with Crippen molar-refractivity contribution >= 4 is 5.91 Å². The molecule has 0 fully saturated rings. The lowest BCUT2D eigenvalue weighted by Gasteiger charge is -2.36. The minimum absolute atomic E-state index is 0.00575. The van der Waals surface area contributed by atoms with E-state index in [9.17, 15) is 9.18 Å². The third-order valence-corrected chi connectivity index (χ3v) is 5.13. The minimum atomic E-state index is -0.277. The second kappa shape index (κ2) is 6.33. The number of benzene rings is 1. The van der Waals surface area contributed by atoms with Gasteiger partial charge in [0, 0.05) is 11.3 Å². The molecule has 1 aliphatic rings.